The molecule has 0 aliphatic carbocycles. The molecule has 27 heavy (non-hydrogen) atoms. The van der Waals surface area contributed by atoms with Gasteiger partial charge in [0.25, 0.3) is 0 Å². The first-order valence-corrected chi connectivity index (χ1v) is 9.65. The molecule has 1 aliphatic rings. The summed E-state index contributed by atoms with van der Waals surface area (Å²) in [6.45, 7) is 13.7. The van der Waals surface area contributed by atoms with Crippen LogP contribution in [0.25, 0.3) is 5.57 Å². The summed E-state index contributed by atoms with van der Waals surface area (Å²) in [6.07, 6.45) is 4.93. The van der Waals surface area contributed by atoms with Gasteiger partial charge in [0.1, 0.15) is 5.82 Å². The number of halogens is 1. The number of hydrogen-bond donors (Lipinski definition) is 0. The molecule has 0 fully saturated rings. The van der Waals surface area contributed by atoms with Crippen molar-refractivity contribution in [3.8, 4) is 0 Å². The van der Waals surface area contributed by atoms with Crippen molar-refractivity contribution in [2.75, 3.05) is 11.4 Å². The number of anilines is 1. The van der Waals surface area contributed by atoms with Gasteiger partial charge in [0.05, 0.1) is 11.2 Å². The number of hydrogen-bond acceptors (Lipinski definition) is 2. The fraction of sp³-hybridized carbons (Fsp3) is 0.375. The summed E-state index contributed by atoms with van der Waals surface area (Å²) in [6, 6.07) is 9.64. The molecule has 0 radical (unpaired) electrons. The van der Waals surface area contributed by atoms with E-state index in [1.165, 1.54) is 16.7 Å². The number of aryl methyl sites for hydroxylation is 2. The van der Waals surface area contributed by atoms with Gasteiger partial charge in [0.15, 0.2) is 0 Å². The summed E-state index contributed by atoms with van der Waals surface area (Å²) in [7, 11) is 0. The van der Waals surface area contributed by atoms with Gasteiger partial charge in [-0.15, -0.1) is 0 Å². The van der Waals surface area contributed by atoms with Crippen molar-refractivity contribution in [2.45, 2.75) is 53.5 Å². The number of fused-ring (bicyclic) bond motifs is 1. The summed E-state index contributed by atoms with van der Waals surface area (Å²) in [5, 5.41) is 0. The lowest BCUT2D eigenvalue weighted by Gasteiger charge is -2.43. The van der Waals surface area contributed by atoms with Crippen molar-refractivity contribution in [1.29, 1.82) is 0 Å². The van der Waals surface area contributed by atoms with Gasteiger partial charge in [-0.2, -0.15) is 0 Å². The van der Waals surface area contributed by atoms with Gasteiger partial charge in [0.2, 0.25) is 0 Å². The molecule has 2 aromatic rings. The fourth-order valence-corrected chi connectivity index (χ4v) is 3.80. The molecule has 0 spiro atoms. The lowest BCUT2D eigenvalue weighted by Crippen LogP contribution is -2.45. The largest absolute Gasteiger partial charge is 0.362 e. The van der Waals surface area contributed by atoms with Crippen LogP contribution < -0.4 is 4.90 Å². The molecule has 2 nitrogen and oxygen atoms in total. The predicted octanol–water partition coefficient (Wildman–Crippen LogP) is 6.61. The molecule has 3 rings (SSSR count). The predicted molar refractivity (Wildman–Crippen MR) is 115 cm³/mol. The highest BCUT2D eigenvalue weighted by molar-refractivity contribution is 5.89. The Balaban J connectivity index is 2.02. The molecule has 0 amide bonds. The van der Waals surface area contributed by atoms with E-state index in [0.717, 1.165) is 29.9 Å². The Morgan fingerprint density at radius 3 is 2.48 bits per heavy atom. The van der Waals surface area contributed by atoms with Crippen molar-refractivity contribution >= 4 is 23.2 Å². The van der Waals surface area contributed by atoms with Gasteiger partial charge in [-0.05, 0) is 82.0 Å². The van der Waals surface area contributed by atoms with E-state index in [1.54, 1.807) is 12.3 Å². The van der Waals surface area contributed by atoms with Crippen molar-refractivity contribution < 1.29 is 4.39 Å². The van der Waals surface area contributed by atoms with Gasteiger partial charge >= 0.3 is 0 Å². The quantitative estimate of drug-likeness (QED) is 0.558. The Kier molecular flexibility index (Phi) is 5.23. The molecule has 3 heteroatoms. The Morgan fingerprint density at radius 1 is 1.07 bits per heavy atom. The Bertz CT molecular complexity index is 922. The van der Waals surface area contributed by atoms with E-state index in [2.05, 4.69) is 57.5 Å². The normalized spacial score (nSPS) is 15.8. The highest BCUT2D eigenvalue weighted by atomic mass is 19.1. The monoisotopic (exact) mass is 364 g/mol. The van der Waals surface area contributed by atoms with Gasteiger partial charge in [-0.25, -0.2) is 4.39 Å². The smallest absolute Gasteiger partial charge is 0.134 e. The second-order valence-corrected chi connectivity index (χ2v) is 8.05. The lowest BCUT2D eigenvalue weighted by molar-refractivity contribution is 0.546. The number of nitrogens with zero attached hydrogens (tertiary/aromatic N) is 2. The van der Waals surface area contributed by atoms with Crippen LogP contribution in [0.15, 0.2) is 41.4 Å². The van der Waals surface area contributed by atoms with E-state index < -0.39 is 0 Å². The molecule has 0 unspecified atom stereocenters. The zero-order valence-corrected chi connectivity index (χ0v) is 17.2. The summed E-state index contributed by atoms with van der Waals surface area (Å²) in [5.74, 6) is -0.229. The zero-order valence-electron chi connectivity index (χ0n) is 17.2. The van der Waals surface area contributed by atoms with Gasteiger partial charge in [0, 0.05) is 29.6 Å². The van der Waals surface area contributed by atoms with E-state index in [1.807, 2.05) is 24.3 Å². The Labute approximate surface area is 162 Å². The van der Waals surface area contributed by atoms with Crippen molar-refractivity contribution in [3.05, 3.63) is 64.5 Å². The maximum Gasteiger partial charge on any atom is 0.134 e. The molecule has 2 aromatic carbocycles. The van der Waals surface area contributed by atoms with E-state index in [0.29, 0.717) is 5.56 Å². The van der Waals surface area contributed by atoms with Crippen molar-refractivity contribution in [3.63, 3.8) is 0 Å². The second kappa shape index (κ2) is 7.30. The van der Waals surface area contributed by atoms with Crippen LogP contribution in [0, 0.1) is 19.7 Å². The van der Waals surface area contributed by atoms with E-state index in [4.69, 9.17) is 0 Å². The SMILES string of the molecule is CCCN1c2cc(F)c(C=Nc3ccc(C)c(C)c3)cc2C(C)=CC1(C)C. The first kappa shape index (κ1) is 19.3. The maximum atomic E-state index is 14.9. The Hall–Kier alpha value is -2.42. The Morgan fingerprint density at radius 2 is 1.81 bits per heavy atom. The first-order chi connectivity index (χ1) is 12.7. The topological polar surface area (TPSA) is 15.6 Å². The highest BCUT2D eigenvalue weighted by Crippen LogP contribution is 2.40. The molecule has 142 valence electrons. The molecular weight excluding hydrogens is 335 g/mol. The molecule has 0 atom stereocenters. The van der Waals surface area contributed by atoms with Crippen LogP contribution in [0.4, 0.5) is 15.8 Å². The van der Waals surface area contributed by atoms with Crippen molar-refractivity contribution in [1.82, 2.24) is 0 Å². The molecular formula is C24H29FN2. The number of benzene rings is 2. The third kappa shape index (κ3) is 3.83. The second-order valence-electron chi connectivity index (χ2n) is 8.05. The van der Waals surface area contributed by atoms with Crippen LogP contribution >= 0.6 is 0 Å². The first-order valence-electron chi connectivity index (χ1n) is 9.65. The third-order valence-corrected chi connectivity index (χ3v) is 5.39. The molecule has 0 bridgehead atoms. The van der Waals surface area contributed by atoms with Crippen LogP contribution in [-0.4, -0.2) is 18.3 Å². The zero-order chi connectivity index (χ0) is 19.8. The van der Waals surface area contributed by atoms with Crippen molar-refractivity contribution in [2.24, 2.45) is 4.99 Å². The van der Waals surface area contributed by atoms with E-state index in [9.17, 15) is 4.39 Å². The average molecular weight is 365 g/mol. The summed E-state index contributed by atoms with van der Waals surface area (Å²) < 4.78 is 14.9. The highest BCUT2D eigenvalue weighted by Gasteiger charge is 2.31. The number of rotatable bonds is 4. The molecule has 0 saturated carbocycles. The van der Waals surface area contributed by atoms with Crippen LogP contribution in [0.3, 0.4) is 0 Å². The summed E-state index contributed by atoms with van der Waals surface area (Å²) >= 11 is 0. The van der Waals surface area contributed by atoms with Gasteiger partial charge in [-0.3, -0.25) is 4.99 Å². The lowest BCUT2D eigenvalue weighted by atomic mass is 9.87. The van der Waals surface area contributed by atoms with Crippen LogP contribution in [0.5, 0.6) is 0 Å². The van der Waals surface area contributed by atoms with E-state index >= 15 is 0 Å². The average Bonchev–Trinajstić information content (AvgIpc) is 2.59. The standard InChI is InChI=1S/C24H29FN2/c1-7-10-27-23-13-22(25)19(12-21(23)18(4)14-24(27,5)6)15-26-20-9-8-16(2)17(3)11-20/h8-9,11-15H,7,10H2,1-6H3. The third-order valence-electron chi connectivity index (χ3n) is 5.39. The summed E-state index contributed by atoms with van der Waals surface area (Å²) in [5.41, 5.74) is 6.91. The van der Waals surface area contributed by atoms with Crippen LogP contribution in [-0.2, 0) is 0 Å². The van der Waals surface area contributed by atoms with E-state index in [-0.39, 0.29) is 11.4 Å². The number of aliphatic imine (C=N–C) groups is 1. The molecule has 1 aliphatic heterocycles. The number of allylic oxidation sites excluding steroid dienone is 1. The minimum atomic E-state index is -0.229. The molecule has 0 aromatic heterocycles. The molecule has 0 N–H and O–H groups in total. The minimum Gasteiger partial charge on any atom is -0.362 e. The van der Waals surface area contributed by atoms with Gasteiger partial charge in [-0.1, -0.05) is 19.1 Å². The van der Waals surface area contributed by atoms with Gasteiger partial charge < -0.3 is 4.90 Å². The fourth-order valence-electron chi connectivity index (χ4n) is 3.80. The van der Waals surface area contributed by atoms with Crippen LogP contribution in [0.2, 0.25) is 0 Å². The molecule has 1 heterocycles. The van der Waals surface area contributed by atoms with Crippen LogP contribution in [0.1, 0.15) is 56.4 Å². The minimum absolute atomic E-state index is 0.117. The summed E-state index contributed by atoms with van der Waals surface area (Å²) in [4.78, 5) is 6.79. The molecule has 0 saturated heterocycles. The maximum absolute atomic E-state index is 14.9.